The summed E-state index contributed by atoms with van der Waals surface area (Å²) in [7, 11) is 0. The lowest BCUT2D eigenvalue weighted by Gasteiger charge is -2.05. The zero-order valence-electron chi connectivity index (χ0n) is 9.99. The number of hydrogen-bond donors (Lipinski definition) is 1. The third kappa shape index (κ3) is 3.14. The van der Waals surface area contributed by atoms with Gasteiger partial charge in [-0.15, -0.1) is 0 Å². The lowest BCUT2D eigenvalue weighted by molar-refractivity contribution is -0.138. The first kappa shape index (κ1) is 14.5. The van der Waals surface area contributed by atoms with Crippen LogP contribution in [-0.2, 0) is 12.7 Å². The van der Waals surface area contributed by atoms with Gasteiger partial charge in [0.1, 0.15) is 0 Å². The van der Waals surface area contributed by atoms with E-state index < -0.39 is 23.3 Å². The molecule has 0 radical (unpaired) electrons. The van der Waals surface area contributed by atoms with E-state index in [1.165, 1.54) is 4.57 Å². The molecule has 2 rings (SSSR count). The molecule has 0 saturated carbocycles. The molecule has 0 aliphatic rings. The van der Waals surface area contributed by atoms with Crippen molar-refractivity contribution >= 4 is 17.6 Å². The monoisotopic (exact) mass is 303 g/mol. The molecule has 1 heterocycles. The first-order chi connectivity index (χ1) is 9.27. The van der Waals surface area contributed by atoms with Gasteiger partial charge in [0.05, 0.1) is 11.1 Å². The molecule has 0 amide bonds. The van der Waals surface area contributed by atoms with Gasteiger partial charge in [-0.05, 0) is 17.7 Å². The molecule has 0 fully saturated rings. The maximum Gasteiger partial charge on any atom is 0.418 e. The van der Waals surface area contributed by atoms with Crippen molar-refractivity contribution in [3.63, 3.8) is 0 Å². The Morgan fingerprint density at radius 3 is 2.50 bits per heavy atom. The highest BCUT2D eigenvalue weighted by Crippen LogP contribution is 2.33. The minimum Gasteiger partial charge on any atom is -0.478 e. The predicted molar refractivity (Wildman–Crippen MR) is 66.9 cm³/mol. The maximum atomic E-state index is 12.7. The Bertz CT molecular complexity index is 649. The van der Waals surface area contributed by atoms with Crippen LogP contribution in [0.2, 0.25) is 5.02 Å². The van der Waals surface area contributed by atoms with Gasteiger partial charge in [0.2, 0.25) is 0 Å². The number of halogens is 4. The van der Waals surface area contributed by atoms with Gasteiger partial charge in [0.15, 0.2) is 0 Å². The molecule has 0 atom stereocenters. The number of hydrogen-bond acceptors (Lipinski definition) is 1. The third-order valence-corrected chi connectivity index (χ3v) is 2.91. The molecular weight excluding hydrogens is 295 g/mol. The van der Waals surface area contributed by atoms with E-state index in [0.717, 1.165) is 12.4 Å². The summed E-state index contributed by atoms with van der Waals surface area (Å²) in [6, 6.07) is 6.61. The summed E-state index contributed by atoms with van der Waals surface area (Å²) in [5, 5.41) is 9.28. The Kier molecular flexibility index (Phi) is 3.76. The van der Waals surface area contributed by atoms with Crippen molar-refractivity contribution in [1.82, 2.24) is 4.57 Å². The van der Waals surface area contributed by atoms with Gasteiger partial charge >= 0.3 is 12.1 Å². The fraction of sp³-hybridized carbons (Fsp3) is 0.154. The fourth-order valence-corrected chi connectivity index (χ4v) is 2.05. The van der Waals surface area contributed by atoms with E-state index in [-0.39, 0.29) is 6.54 Å². The van der Waals surface area contributed by atoms with Crippen molar-refractivity contribution in [3.8, 4) is 0 Å². The van der Waals surface area contributed by atoms with Crippen LogP contribution in [0.1, 0.15) is 21.5 Å². The van der Waals surface area contributed by atoms with Crippen LogP contribution in [-0.4, -0.2) is 15.6 Å². The largest absolute Gasteiger partial charge is 0.478 e. The number of carboxylic acids is 1. The van der Waals surface area contributed by atoms with Crippen molar-refractivity contribution < 1.29 is 23.1 Å². The van der Waals surface area contributed by atoms with Crippen molar-refractivity contribution in [2.75, 3.05) is 0 Å². The second-order valence-electron chi connectivity index (χ2n) is 4.19. The van der Waals surface area contributed by atoms with Crippen molar-refractivity contribution in [2.24, 2.45) is 0 Å². The predicted octanol–water partition coefficient (Wildman–Crippen LogP) is 3.91. The van der Waals surface area contributed by atoms with Crippen molar-refractivity contribution in [2.45, 2.75) is 12.7 Å². The molecule has 20 heavy (non-hydrogen) atoms. The van der Waals surface area contributed by atoms with Gasteiger partial charge < -0.3 is 9.67 Å². The summed E-state index contributed by atoms with van der Waals surface area (Å²) in [4.78, 5) is 10.9. The Morgan fingerprint density at radius 1 is 1.30 bits per heavy atom. The molecule has 3 nitrogen and oxygen atoms in total. The lowest BCUT2D eigenvalue weighted by Crippen LogP contribution is -2.09. The second-order valence-corrected chi connectivity index (χ2v) is 4.63. The number of benzene rings is 1. The van der Waals surface area contributed by atoms with E-state index in [2.05, 4.69) is 0 Å². The van der Waals surface area contributed by atoms with Crippen molar-refractivity contribution in [1.29, 1.82) is 0 Å². The highest BCUT2D eigenvalue weighted by molar-refractivity contribution is 6.30. The number of carbonyl (C=O) groups is 1. The Morgan fingerprint density at radius 2 is 2.00 bits per heavy atom. The minimum absolute atomic E-state index is 0.108. The molecule has 1 aromatic heterocycles. The van der Waals surface area contributed by atoms with Gasteiger partial charge in [-0.1, -0.05) is 23.7 Å². The van der Waals surface area contributed by atoms with Crippen LogP contribution in [0, 0.1) is 0 Å². The van der Waals surface area contributed by atoms with Crippen LogP contribution in [0.3, 0.4) is 0 Å². The molecule has 0 bridgehead atoms. The lowest BCUT2D eigenvalue weighted by atomic mass is 10.2. The van der Waals surface area contributed by atoms with Gasteiger partial charge in [0, 0.05) is 24.0 Å². The van der Waals surface area contributed by atoms with E-state index in [0.29, 0.717) is 10.6 Å². The molecular formula is C13H9ClF3NO2. The van der Waals surface area contributed by atoms with E-state index in [1.807, 2.05) is 0 Å². The molecule has 2 aromatic rings. The molecule has 7 heteroatoms. The summed E-state index contributed by atoms with van der Waals surface area (Å²) in [6.45, 7) is 0.108. The van der Waals surface area contributed by atoms with Gasteiger partial charge in [-0.3, -0.25) is 0 Å². The van der Waals surface area contributed by atoms with Gasteiger partial charge in [-0.2, -0.15) is 13.2 Å². The normalized spacial score (nSPS) is 11.6. The SMILES string of the molecule is O=C(O)c1cn(Cc2cccc(Cl)c2)cc1C(F)(F)F. The fourth-order valence-electron chi connectivity index (χ4n) is 1.84. The van der Waals surface area contributed by atoms with Crippen molar-refractivity contribution in [3.05, 3.63) is 58.4 Å². The highest BCUT2D eigenvalue weighted by atomic mass is 35.5. The number of aromatic nitrogens is 1. The Balaban J connectivity index is 2.37. The summed E-state index contributed by atoms with van der Waals surface area (Å²) in [6.07, 6.45) is -2.95. The molecule has 0 saturated heterocycles. The molecule has 0 unspecified atom stereocenters. The molecule has 0 aliphatic heterocycles. The van der Waals surface area contributed by atoms with Crippen LogP contribution in [0.5, 0.6) is 0 Å². The van der Waals surface area contributed by atoms with E-state index in [9.17, 15) is 18.0 Å². The highest BCUT2D eigenvalue weighted by Gasteiger charge is 2.36. The third-order valence-electron chi connectivity index (χ3n) is 2.67. The minimum atomic E-state index is -4.70. The molecule has 106 valence electrons. The number of nitrogens with zero attached hydrogens (tertiary/aromatic N) is 1. The first-order valence-electron chi connectivity index (χ1n) is 5.52. The molecule has 1 aromatic carbocycles. The van der Waals surface area contributed by atoms with Crippen LogP contribution >= 0.6 is 11.6 Å². The molecule has 1 N–H and O–H groups in total. The van der Waals surface area contributed by atoms with Gasteiger partial charge in [0.25, 0.3) is 0 Å². The summed E-state index contributed by atoms with van der Waals surface area (Å²) in [5.41, 5.74) is -1.25. The smallest absolute Gasteiger partial charge is 0.418 e. The summed E-state index contributed by atoms with van der Waals surface area (Å²) in [5.74, 6) is -1.61. The topological polar surface area (TPSA) is 42.2 Å². The average molecular weight is 304 g/mol. The maximum absolute atomic E-state index is 12.7. The Labute approximate surface area is 117 Å². The average Bonchev–Trinajstić information content (AvgIpc) is 2.73. The zero-order chi connectivity index (χ0) is 14.9. The van der Waals surface area contributed by atoms with E-state index in [1.54, 1.807) is 24.3 Å². The van der Waals surface area contributed by atoms with Crippen LogP contribution in [0.4, 0.5) is 13.2 Å². The first-order valence-corrected chi connectivity index (χ1v) is 5.90. The number of carboxylic acid groups (broad SMARTS) is 1. The number of alkyl halides is 3. The second kappa shape index (κ2) is 5.20. The van der Waals surface area contributed by atoms with E-state index in [4.69, 9.17) is 16.7 Å². The van der Waals surface area contributed by atoms with Crippen LogP contribution in [0.15, 0.2) is 36.7 Å². The summed E-state index contributed by atoms with van der Waals surface area (Å²) >= 11 is 5.79. The molecule has 0 aliphatic carbocycles. The standard InChI is InChI=1S/C13H9ClF3NO2/c14-9-3-1-2-8(4-9)5-18-6-10(12(19)20)11(7-18)13(15,16)17/h1-4,6-7H,5H2,(H,19,20). The van der Waals surface area contributed by atoms with Gasteiger partial charge in [-0.25, -0.2) is 4.79 Å². The van der Waals surface area contributed by atoms with Crippen LogP contribution in [0.25, 0.3) is 0 Å². The number of aromatic carboxylic acids is 1. The van der Waals surface area contributed by atoms with E-state index >= 15 is 0 Å². The zero-order valence-corrected chi connectivity index (χ0v) is 10.7. The Hall–Kier alpha value is -1.95. The quantitative estimate of drug-likeness (QED) is 0.934. The van der Waals surface area contributed by atoms with Crippen LogP contribution < -0.4 is 0 Å². The molecule has 0 spiro atoms. The summed E-state index contributed by atoms with van der Waals surface area (Å²) < 4.78 is 39.4. The number of rotatable bonds is 3.